The van der Waals surface area contributed by atoms with Crippen molar-refractivity contribution in [1.82, 2.24) is 9.47 Å². The summed E-state index contributed by atoms with van der Waals surface area (Å²) in [5.41, 5.74) is 8.27. The molecule has 8 nitrogen and oxygen atoms in total. The summed E-state index contributed by atoms with van der Waals surface area (Å²) in [5, 5.41) is 0.386. The smallest absolute Gasteiger partial charge is 0.486 e. The van der Waals surface area contributed by atoms with Gasteiger partial charge in [-0.15, -0.1) is 25.6 Å². The van der Waals surface area contributed by atoms with E-state index >= 15 is 0 Å². The molecule has 12 heteroatoms. The van der Waals surface area contributed by atoms with Crippen molar-refractivity contribution in [2.24, 2.45) is 5.73 Å². The summed E-state index contributed by atoms with van der Waals surface area (Å²) in [6, 6.07) is 10.0. The summed E-state index contributed by atoms with van der Waals surface area (Å²) in [7, 11) is 1.50. The van der Waals surface area contributed by atoms with Crippen LogP contribution in [0.25, 0.3) is 10.9 Å². The number of aromatic nitrogens is 1. The van der Waals surface area contributed by atoms with Crippen molar-refractivity contribution >= 4 is 35.0 Å². The summed E-state index contributed by atoms with van der Waals surface area (Å²) >= 11 is 0. The molecule has 1 fully saturated rings. The lowest BCUT2D eigenvalue weighted by molar-refractivity contribution is -0.274. The van der Waals surface area contributed by atoms with E-state index in [1.165, 1.54) is 19.2 Å². The number of carbonyl (C=O) groups excluding carboxylic acids is 2. The molecule has 41 heavy (non-hydrogen) atoms. The molecule has 2 N–H and O–H groups in total. The van der Waals surface area contributed by atoms with Crippen LogP contribution in [0.5, 0.6) is 11.5 Å². The average molecular weight is 598 g/mol. The Morgan fingerprint density at radius 1 is 1.10 bits per heavy atom. The first-order valence-electron chi connectivity index (χ1n) is 13.3. The molecule has 0 bridgehead atoms. The lowest BCUT2D eigenvalue weighted by atomic mass is 9.87. The van der Waals surface area contributed by atoms with Crippen LogP contribution in [0.15, 0.2) is 42.6 Å². The minimum Gasteiger partial charge on any atom is -0.486 e. The molecule has 0 saturated carbocycles. The third-order valence-corrected chi connectivity index (χ3v) is 7.17. The maximum Gasteiger partial charge on any atom is 0.573 e. The van der Waals surface area contributed by atoms with E-state index in [1.807, 2.05) is 18.2 Å². The number of para-hydroxylation sites is 1. The van der Waals surface area contributed by atoms with Crippen molar-refractivity contribution in [1.29, 1.82) is 0 Å². The molecule has 1 amide bonds. The number of methoxy groups -OCH3 is 1. The maximum absolute atomic E-state index is 13.7. The number of hydrogen-bond donors (Lipinski definition) is 1. The molecular weight excluding hydrogens is 563 g/mol. The molecule has 0 atom stereocenters. The normalized spacial score (nSPS) is 14.1. The van der Waals surface area contributed by atoms with Gasteiger partial charge in [0.2, 0.25) is 0 Å². The van der Waals surface area contributed by atoms with Crippen molar-refractivity contribution in [2.75, 3.05) is 33.4 Å². The summed E-state index contributed by atoms with van der Waals surface area (Å²) in [6.45, 7) is 3.55. The van der Waals surface area contributed by atoms with E-state index in [1.54, 1.807) is 28.7 Å². The largest absolute Gasteiger partial charge is 0.573 e. The first kappa shape index (κ1) is 32.2. The van der Waals surface area contributed by atoms with Crippen LogP contribution in [0, 0.1) is 0 Å². The van der Waals surface area contributed by atoms with E-state index in [0.717, 1.165) is 11.1 Å². The number of alkyl halides is 3. The lowest BCUT2D eigenvalue weighted by Gasteiger charge is -2.33. The highest BCUT2D eigenvalue weighted by molar-refractivity contribution is 6.08. The van der Waals surface area contributed by atoms with Crippen LogP contribution in [-0.4, -0.2) is 60.9 Å². The molecule has 0 aliphatic carbocycles. The second kappa shape index (κ2) is 14.1. The maximum atomic E-state index is 13.7. The predicted molar refractivity (Wildman–Crippen MR) is 151 cm³/mol. The fourth-order valence-electron chi connectivity index (χ4n) is 5.07. The van der Waals surface area contributed by atoms with Crippen molar-refractivity contribution in [2.45, 2.75) is 51.6 Å². The summed E-state index contributed by atoms with van der Waals surface area (Å²) < 4.78 is 56.1. The van der Waals surface area contributed by atoms with Crippen molar-refractivity contribution in [3.8, 4) is 11.5 Å². The van der Waals surface area contributed by atoms with Gasteiger partial charge in [0.15, 0.2) is 11.5 Å². The van der Waals surface area contributed by atoms with Gasteiger partial charge in [-0.05, 0) is 42.0 Å². The summed E-state index contributed by atoms with van der Waals surface area (Å²) in [6.07, 6.45) is -1.60. The predicted octanol–water partition coefficient (Wildman–Crippen LogP) is 5.44. The van der Waals surface area contributed by atoms with Gasteiger partial charge in [0.05, 0.1) is 17.7 Å². The number of rotatable bonds is 11. The van der Waals surface area contributed by atoms with Gasteiger partial charge >= 0.3 is 6.36 Å². The van der Waals surface area contributed by atoms with Gasteiger partial charge in [0.25, 0.3) is 5.91 Å². The topological polar surface area (TPSA) is 96.0 Å². The zero-order valence-corrected chi connectivity index (χ0v) is 23.9. The first-order chi connectivity index (χ1) is 19.1. The Morgan fingerprint density at radius 2 is 1.83 bits per heavy atom. The quantitative estimate of drug-likeness (QED) is 0.316. The van der Waals surface area contributed by atoms with Crippen LogP contribution >= 0.6 is 12.4 Å². The fourth-order valence-corrected chi connectivity index (χ4v) is 5.07. The van der Waals surface area contributed by atoms with Crippen LogP contribution < -0.4 is 15.2 Å². The monoisotopic (exact) mass is 597 g/mol. The van der Waals surface area contributed by atoms with Crippen molar-refractivity contribution in [3.63, 3.8) is 0 Å². The number of piperidine rings is 1. The number of benzene rings is 2. The van der Waals surface area contributed by atoms with Crippen LogP contribution in [0.1, 0.15) is 53.6 Å². The van der Waals surface area contributed by atoms with E-state index in [2.05, 4.69) is 4.74 Å². The van der Waals surface area contributed by atoms with Crippen LogP contribution in [0.3, 0.4) is 0 Å². The second-order valence-corrected chi connectivity index (χ2v) is 9.75. The van der Waals surface area contributed by atoms with Crippen molar-refractivity contribution in [3.05, 3.63) is 59.3 Å². The minimum absolute atomic E-state index is 0. The highest BCUT2D eigenvalue weighted by atomic mass is 35.5. The standard InChI is InChI=1S/C29H34F3N3O5.ClH/c1-3-21(36)18-39-25-8-7-19(16-33)15-23(25)20-9-11-34(12-10-20)28(37)24-17-35(13-14-38-2)27-22(24)5-4-6-26(27)40-29(30,31)32;/h4-8,15,17,20H,3,9-14,16,18,33H2,1-2H3;1H. The number of Topliss-reactive ketones (excluding diaryl/α,β-unsaturated/α-hetero) is 1. The Morgan fingerprint density at radius 3 is 2.46 bits per heavy atom. The average Bonchev–Trinajstić information content (AvgIpc) is 3.33. The Bertz CT molecular complexity index is 1350. The van der Waals surface area contributed by atoms with E-state index in [4.69, 9.17) is 15.2 Å². The molecule has 2 heterocycles. The Labute approximate surface area is 242 Å². The number of likely N-dealkylation sites (tertiary alicyclic amines) is 1. The lowest BCUT2D eigenvalue weighted by Crippen LogP contribution is -2.38. The molecule has 2 aromatic carbocycles. The molecule has 4 rings (SSSR count). The van der Waals surface area contributed by atoms with E-state index in [0.29, 0.717) is 55.6 Å². The molecule has 1 aliphatic rings. The number of nitrogens with zero attached hydrogens (tertiary/aromatic N) is 2. The number of carbonyl (C=O) groups is 2. The molecule has 0 unspecified atom stereocenters. The summed E-state index contributed by atoms with van der Waals surface area (Å²) in [5.74, 6) is 0.110. The molecular formula is C29H35ClF3N3O5. The van der Waals surface area contributed by atoms with E-state index in [-0.39, 0.29) is 61.0 Å². The Balaban J connectivity index is 0.00000462. The number of fused-ring (bicyclic) bond motifs is 1. The molecule has 1 aromatic heterocycles. The first-order valence-corrected chi connectivity index (χ1v) is 13.3. The highest BCUT2D eigenvalue weighted by Crippen LogP contribution is 2.37. The van der Waals surface area contributed by atoms with Gasteiger partial charge in [-0.2, -0.15) is 0 Å². The molecule has 224 valence electrons. The zero-order valence-electron chi connectivity index (χ0n) is 23.0. The van der Waals surface area contributed by atoms with Crippen LogP contribution in [0.4, 0.5) is 13.2 Å². The minimum atomic E-state index is -4.87. The molecule has 3 aromatic rings. The Hall–Kier alpha value is -3.28. The Kier molecular flexibility index (Phi) is 11.1. The van der Waals surface area contributed by atoms with Gasteiger partial charge in [-0.25, -0.2) is 0 Å². The van der Waals surface area contributed by atoms with Gasteiger partial charge in [0.1, 0.15) is 12.4 Å². The number of hydrogen-bond acceptors (Lipinski definition) is 6. The summed E-state index contributed by atoms with van der Waals surface area (Å²) in [4.78, 5) is 27.2. The zero-order chi connectivity index (χ0) is 28.9. The number of halogens is 4. The second-order valence-electron chi connectivity index (χ2n) is 9.75. The molecule has 1 saturated heterocycles. The third kappa shape index (κ3) is 7.72. The van der Waals surface area contributed by atoms with Gasteiger partial charge in [-0.3, -0.25) is 9.59 Å². The van der Waals surface area contributed by atoms with Crippen LogP contribution in [-0.2, 0) is 22.6 Å². The number of nitrogens with two attached hydrogens (primary N) is 1. The van der Waals surface area contributed by atoms with Crippen LogP contribution in [0.2, 0.25) is 0 Å². The van der Waals surface area contributed by atoms with Gasteiger partial charge in [0, 0.05) is 51.3 Å². The van der Waals surface area contributed by atoms with E-state index in [9.17, 15) is 22.8 Å². The highest BCUT2D eigenvalue weighted by Gasteiger charge is 2.34. The van der Waals surface area contributed by atoms with Gasteiger partial charge in [-0.1, -0.05) is 31.2 Å². The third-order valence-electron chi connectivity index (χ3n) is 7.17. The fraction of sp³-hybridized carbons (Fsp3) is 0.448. The molecule has 0 spiro atoms. The molecule has 1 aliphatic heterocycles. The van der Waals surface area contributed by atoms with E-state index < -0.39 is 6.36 Å². The number of amides is 1. The number of ether oxygens (including phenoxy) is 3. The van der Waals surface area contributed by atoms with Crippen molar-refractivity contribution < 1.29 is 37.0 Å². The number of ketones is 1. The van der Waals surface area contributed by atoms with Gasteiger partial charge < -0.3 is 29.4 Å². The molecule has 0 radical (unpaired) electrons. The SMILES string of the molecule is CCC(=O)COc1ccc(CN)cc1C1CCN(C(=O)c2cn(CCOC)c3c(OC(F)(F)F)cccc23)CC1.Cl.